The lowest BCUT2D eigenvalue weighted by Crippen LogP contribution is -2.51. The van der Waals surface area contributed by atoms with E-state index in [1.807, 2.05) is 54.6 Å². The van der Waals surface area contributed by atoms with Crippen LogP contribution in [-0.2, 0) is 0 Å². The van der Waals surface area contributed by atoms with Crippen LogP contribution < -0.4 is 19.7 Å². The van der Waals surface area contributed by atoms with E-state index in [9.17, 15) is 10.4 Å². The molecule has 0 spiro atoms. The molecule has 2 bridgehead atoms. The van der Waals surface area contributed by atoms with Crippen molar-refractivity contribution in [3.05, 3.63) is 78.4 Å². The van der Waals surface area contributed by atoms with Gasteiger partial charge in [0.05, 0.1) is 16.6 Å². The van der Waals surface area contributed by atoms with Crippen molar-refractivity contribution in [2.75, 3.05) is 37.7 Å². The van der Waals surface area contributed by atoms with Crippen LogP contribution in [0.1, 0.15) is 44.1 Å². The van der Waals surface area contributed by atoms with Crippen molar-refractivity contribution in [3.63, 3.8) is 0 Å². The Morgan fingerprint density at radius 1 is 0.875 bits per heavy atom. The zero-order valence-electron chi connectivity index (χ0n) is 26.9. The fourth-order valence-corrected chi connectivity index (χ4v) is 8.63. The van der Waals surface area contributed by atoms with Crippen molar-refractivity contribution in [2.24, 2.45) is 0 Å². The van der Waals surface area contributed by atoms with Crippen molar-refractivity contribution in [1.29, 1.82) is 5.26 Å². The molecule has 2 N–H and O–H groups in total. The van der Waals surface area contributed by atoms with E-state index in [0.717, 1.165) is 90.5 Å². The van der Waals surface area contributed by atoms with Crippen LogP contribution in [-0.4, -0.2) is 70.4 Å². The number of rotatable bonds is 7. The van der Waals surface area contributed by atoms with Crippen molar-refractivity contribution in [2.45, 2.75) is 56.1 Å². The van der Waals surface area contributed by atoms with Gasteiger partial charge in [0, 0.05) is 36.1 Å². The average Bonchev–Trinajstić information content (AvgIpc) is 3.80. The van der Waals surface area contributed by atoms with E-state index in [1.54, 1.807) is 18.2 Å². The molecule has 0 radical (unpaired) electrons. The average molecular weight is 639 g/mol. The third-order valence-electron chi connectivity index (χ3n) is 10.9. The summed E-state index contributed by atoms with van der Waals surface area (Å²) in [4.78, 5) is 15.2. The van der Waals surface area contributed by atoms with Gasteiger partial charge in [-0.2, -0.15) is 15.2 Å². The van der Waals surface area contributed by atoms with Crippen molar-refractivity contribution in [3.8, 4) is 40.5 Å². The first kappa shape index (κ1) is 29.2. The van der Waals surface area contributed by atoms with Gasteiger partial charge in [-0.3, -0.25) is 4.90 Å². The summed E-state index contributed by atoms with van der Waals surface area (Å²) < 4.78 is 13.2. The molecule has 9 nitrogen and oxygen atoms in total. The number of phenols is 1. The molecule has 0 aliphatic carbocycles. The summed E-state index contributed by atoms with van der Waals surface area (Å²) in [5.74, 6) is 2.02. The van der Waals surface area contributed by atoms with Crippen LogP contribution in [0.4, 0.5) is 5.82 Å². The number of ether oxygens (including phenoxy) is 2. The molecule has 4 aliphatic rings. The van der Waals surface area contributed by atoms with Gasteiger partial charge in [-0.25, -0.2) is 0 Å². The van der Waals surface area contributed by atoms with Gasteiger partial charge in [0.1, 0.15) is 35.7 Å². The summed E-state index contributed by atoms with van der Waals surface area (Å²) >= 11 is 0. The number of anilines is 1. The van der Waals surface area contributed by atoms with Crippen molar-refractivity contribution in [1.82, 2.24) is 20.2 Å². The molecule has 9 rings (SSSR count). The SMILES string of the molecule is N#Cc1ccccc1Oc1cc2c(N3CC4CCC(C3)N4)nc(OCC34CCCN3CCC4)nc2cc1-c1cc(O)cc2ccccc12. The minimum absolute atomic E-state index is 0.0735. The molecule has 2 atom stereocenters. The summed E-state index contributed by atoms with van der Waals surface area (Å²) in [6, 6.07) is 26.3. The molecule has 4 aromatic carbocycles. The number of nitriles is 1. The molecular weight excluding hydrogens is 600 g/mol. The summed E-state index contributed by atoms with van der Waals surface area (Å²) in [5.41, 5.74) is 2.83. The Morgan fingerprint density at radius 3 is 2.46 bits per heavy atom. The van der Waals surface area contributed by atoms with Crippen LogP contribution in [0, 0.1) is 11.3 Å². The molecule has 4 aliphatic heterocycles. The Morgan fingerprint density at radius 2 is 1.65 bits per heavy atom. The maximum Gasteiger partial charge on any atom is 0.319 e. The third kappa shape index (κ3) is 5.07. The highest BCUT2D eigenvalue weighted by Gasteiger charge is 2.45. The first-order valence-corrected chi connectivity index (χ1v) is 17.2. The number of phenolic OH excluding ortho intramolecular Hbond substituents is 1. The molecule has 9 heteroatoms. The topological polar surface area (TPSA) is 107 Å². The van der Waals surface area contributed by atoms with Gasteiger partial charge >= 0.3 is 6.01 Å². The number of nitrogens with zero attached hydrogens (tertiary/aromatic N) is 5. The van der Waals surface area contributed by atoms with E-state index in [-0.39, 0.29) is 11.3 Å². The van der Waals surface area contributed by atoms with Crippen LogP contribution in [0.5, 0.6) is 23.3 Å². The Bertz CT molecular complexity index is 2070. The normalized spacial score (nSPS) is 21.4. The summed E-state index contributed by atoms with van der Waals surface area (Å²) in [7, 11) is 0. The molecular formula is C39H38N6O3. The van der Waals surface area contributed by atoms with Crippen LogP contribution in [0.25, 0.3) is 32.8 Å². The minimum Gasteiger partial charge on any atom is -0.508 e. The Labute approximate surface area is 279 Å². The monoisotopic (exact) mass is 638 g/mol. The molecule has 5 aromatic rings. The van der Waals surface area contributed by atoms with Crippen LogP contribution in [0.3, 0.4) is 0 Å². The lowest BCUT2D eigenvalue weighted by atomic mass is 9.95. The largest absolute Gasteiger partial charge is 0.508 e. The fourth-order valence-electron chi connectivity index (χ4n) is 8.63. The lowest BCUT2D eigenvalue weighted by Gasteiger charge is -2.35. The molecule has 48 heavy (non-hydrogen) atoms. The van der Waals surface area contributed by atoms with Gasteiger partial charge in [0.2, 0.25) is 0 Å². The van der Waals surface area contributed by atoms with Gasteiger partial charge in [0.25, 0.3) is 0 Å². The molecule has 1 aromatic heterocycles. The highest BCUT2D eigenvalue weighted by Crippen LogP contribution is 2.44. The maximum absolute atomic E-state index is 10.9. The molecule has 5 heterocycles. The fraction of sp³-hybridized carbons (Fsp3) is 0.359. The number of benzene rings is 4. The van der Waals surface area contributed by atoms with Gasteiger partial charge in [-0.05, 0) is 104 Å². The van der Waals surface area contributed by atoms with Gasteiger partial charge in [-0.1, -0.05) is 36.4 Å². The number of aromatic hydroxyl groups is 1. The molecule has 0 amide bonds. The number of aromatic nitrogens is 2. The standard InChI is InChI=1S/C39H38N6O3/c40-21-26-8-2-4-10-35(26)48-36-20-33-34(19-32(36)31-18-29(46)17-25-7-1-3-9-30(25)31)42-38(47-24-39-13-5-15-45(39)16-6-14-39)43-37(33)44-22-27-11-12-28(23-44)41-27/h1-4,7-10,17-20,27-28,41,46H,5-6,11-16,22-24H2. The molecule has 242 valence electrons. The number of hydrogen-bond donors (Lipinski definition) is 2. The van der Waals surface area contributed by atoms with E-state index in [4.69, 9.17) is 19.4 Å². The number of piperazine rings is 1. The van der Waals surface area contributed by atoms with Gasteiger partial charge < -0.3 is 24.8 Å². The first-order chi connectivity index (χ1) is 23.5. The van der Waals surface area contributed by atoms with E-state index in [1.165, 1.54) is 12.8 Å². The zero-order chi connectivity index (χ0) is 32.2. The molecule has 2 unspecified atom stereocenters. The van der Waals surface area contributed by atoms with E-state index < -0.39 is 0 Å². The van der Waals surface area contributed by atoms with Crippen molar-refractivity contribution < 1.29 is 14.6 Å². The Kier molecular flexibility index (Phi) is 7.10. The molecule has 0 saturated carbocycles. The number of hydrogen-bond acceptors (Lipinski definition) is 9. The van der Waals surface area contributed by atoms with Crippen LogP contribution in [0.2, 0.25) is 0 Å². The second-order valence-electron chi connectivity index (χ2n) is 13.9. The third-order valence-corrected chi connectivity index (χ3v) is 10.9. The molecule has 4 saturated heterocycles. The molecule has 4 fully saturated rings. The predicted molar refractivity (Wildman–Crippen MR) is 186 cm³/mol. The van der Waals surface area contributed by atoms with E-state index in [2.05, 4.69) is 21.2 Å². The number of para-hydroxylation sites is 1. The Balaban J connectivity index is 1.23. The smallest absolute Gasteiger partial charge is 0.319 e. The van der Waals surface area contributed by atoms with Crippen molar-refractivity contribution >= 4 is 27.5 Å². The summed E-state index contributed by atoms with van der Waals surface area (Å²) in [6.07, 6.45) is 7.01. The lowest BCUT2D eigenvalue weighted by molar-refractivity contribution is 0.108. The summed E-state index contributed by atoms with van der Waals surface area (Å²) in [6.45, 7) is 4.56. The summed E-state index contributed by atoms with van der Waals surface area (Å²) in [5, 5.41) is 27.3. The van der Waals surface area contributed by atoms with E-state index in [0.29, 0.717) is 41.8 Å². The second kappa shape index (κ2) is 11.7. The van der Waals surface area contributed by atoms with Crippen LogP contribution >= 0.6 is 0 Å². The van der Waals surface area contributed by atoms with Gasteiger partial charge in [0.15, 0.2) is 0 Å². The highest BCUT2D eigenvalue weighted by atomic mass is 16.5. The minimum atomic E-state index is 0.0735. The zero-order valence-corrected chi connectivity index (χ0v) is 26.9. The number of fused-ring (bicyclic) bond motifs is 5. The highest BCUT2D eigenvalue weighted by molar-refractivity contribution is 6.03. The van der Waals surface area contributed by atoms with E-state index >= 15 is 0 Å². The predicted octanol–water partition coefficient (Wildman–Crippen LogP) is 6.77. The van der Waals surface area contributed by atoms with Gasteiger partial charge in [-0.15, -0.1) is 0 Å². The first-order valence-electron chi connectivity index (χ1n) is 17.2. The maximum atomic E-state index is 10.9. The second-order valence-corrected chi connectivity index (χ2v) is 13.9. The quantitative estimate of drug-likeness (QED) is 0.200. The number of nitrogens with one attached hydrogen (secondary N) is 1. The Hall–Kier alpha value is -4.91. The van der Waals surface area contributed by atoms with Crippen LogP contribution in [0.15, 0.2) is 72.8 Å².